The van der Waals surface area contributed by atoms with Crippen LogP contribution in [0.4, 0.5) is 0 Å². The van der Waals surface area contributed by atoms with Gasteiger partial charge in [-0.2, -0.15) is 0 Å². The van der Waals surface area contributed by atoms with Gasteiger partial charge < -0.3 is 4.90 Å². The molecule has 0 aromatic heterocycles. The molecule has 1 heterocycles. The van der Waals surface area contributed by atoms with E-state index >= 15 is 0 Å². The Kier molecular flexibility index (Phi) is 4.25. The Labute approximate surface area is 132 Å². The van der Waals surface area contributed by atoms with Crippen molar-refractivity contribution in [3.05, 3.63) is 71.8 Å². The van der Waals surface area contributed by atoms with Gasteiger partial charge in [-0.1, -0.05) is 60.7 Å². The highest BCUT2D eigenvalue weighted by molar-refractivity contribution is 5.73. The van der Waals surface area contributed by atoms with Gasteiger partial charge in [-0.15, -0.1) is 0 Å². The second-order valence-corrected chi connectivity index (χ2v) is 5.96. The molecule has 2 aromatic rings. The summed E-state index contributed by atoms with van der Waals surface area (Å²) in [5.74, 6) is 0.139. The van der Waals surface area contributed by atoms with Gasteiger partial charge in [0.2, 0.25) is 5.91 Å². The summed E-state index contributed by atoms with van der Waals surface area (Å²) in [4.78, 5) is 15.8. The van der Waals surface area contributed by atoms with Gasteiger partial charge in [-0.25, -0.2) is 0 Å². The van der Waals surface area contributed by atoms with Gasteiger partial charge in [0.15, 0.2) is 0 Å². The zero-order valence-corrected chi connectivity index (χ0v) is 13.1. The molecule has 1 aliphatic rings. The van der Waals surface area contributed by atoms with Crippen LogP contribution in [0, 0.1) is 0 Å². The van der Waals surface area contributed by atoms with Crippen LogP contribution in [0.5, 0.6) is 0 Å². The van der Waals surface area contributed by atoms with Crippen LogP contribution in [-0.4, -0.2) is 41.9 Å². The monoisotopic (exact) mass is 294 g/mol. The third-order valence-corrected chi connectivity index (χ3v) is 4.53. The molecule has 0 unspecified atom stereocenters. The van der Waals surface area contributed by atoms with Crippen molar-refractivity contribution < 1.29 is 4.79 Å². The summed E-state index contributed by atoms with van der Waals surface area (Å²) in [5.41, 5.74) is 2.61. The maximum atomic E-state index is 11.5. The Balaban J connectivity index is 1.82. The van der Waals surface area contributed by atoms with Crippen LogP contribution in [-0.2, 0) is 4.79 Å². The molecular weight excluding hydrogens is 272 g/mol. The Morgan fingerprint density at radius 2 is 1.45 bits per heavy atom. The third-order valence-electron chi connectivity index (χ3n) is 4.53. The smallest absolute Gasteiger partial charge is 0.219 e. The normalized spacial score (nSPS) is 15.6. The number of likely N-dealkylation sites (N-methyl/N-ethyl adjacent to an activating group) is 1. The molecule has 0 radical (unpaired) electrons. The standard InChI is InChI=1S/C19H22N2O/c1-15(22)20(2)18-13-21(14-18)19(16-9-5-3-6-10-16)17-11-7-4-8-12-17/h3-12,18-19H,13-14H2,1-2H3. The van der Waals surface area contributed by atoms with E-state index in [1.54, 1.807) is 6.92 Å². The summed E-state index contributed by atoms with van der Waals surface area (Å²) in [7, 11) is 1.89. The van der Waals surface area contributed by atoms with Gasteiger partial charge in [0.1, 0.15) is 0 Å². The van der Waals surface area contributed by atoms with Gasteiger partial charge in [0.25, 0.3) is 0 Å². The van der Waals surface area contributed by atoms with E-state index in [0.717, 1.165) is 13.1 Å². The minimum atomic E-state index is 0.139. The van der Waals surface area contributed by atoms with Crippen molar-refractivity contribution in [2.75, 3.05) is 20.1 Å². The van der Waals surface area contributed by atoms with Crippen LogP contribution in [0.1, 0.15) is 24.1 Å². The van der Waals surface area contributed by atoms with Gasteiger partial charge in [-0.05, 0) is 11.1 Å². The van der Waals surface area contributed by atoms with E-state index in [9.17, 15) is 4.79 Å². The van der Waals surface area contributed by atoms with Gasteiger partial charge in [-0.3, -0.25) is 9.69 Å². The molecule has 1 saturated heterocycles. The summed E-state index contributed by atoms with van der Waals surface area (Å²) in [6.07, 6.45) is 0. The topological polar surface area (TPSA) is 23.6 Å². The van der Waals surface area contributed by atoms with E-state index in [2.05, 4.69) is 53.4 Å². The number of likely N-dealkylation sites (tertiary alicyclic amines) is 1. The number of nitrogens with zero attached hydrogens (tertiary/aromatic N) is 2. The quantitative estimate of drug-likeness (QED) is 0.865. The van der Waals surface area contributed by atoms with Crippen LogP contribution in [0.15, 0.2) is 60.7 Å². The Morgan fingerprint density at radius 3 is 1.86 bits per heavy atom. The zero-order chi connectivity index (χ0) is 15.5. The number of hydrogen-bond donors (Lipinski definition) is 0. The first-order chi connectivity index (χ1) is 10.7. The molecular formula is C19H22N2O. The number of carbonyl (C=O) groups excluding carboxylic acids is 1. The molecule has 3 heteroatoms. The number of benzene rings is 2. The Bertz CT molecular complexity index is 581. The SMILES string of the molecule is CC(=O)N(C)C1CN(C(c2ccccc2)c2ccccc2)C1. The molecule has 0 atom stereocenters. The molecule has 0 saturated carbocycles. The minimum Gasteiger partial charge on any atom is -0.340 e. The van der Waals surface area contributed by atoms with Crippen molar-refractivity contribution in [2.45, 2.75) is 19.0 Å². The van der Waals surface area contributed by atoms with Crippen LogP contribution in [0.2, 0.25) is 0 Å². The van der Waals surface area contributed by atoms with Crippen molar-refractivity contribution in [1.82, 2.24) is 9.80 Å². The van der Waals surface area contributed by atoms with Crippen molar-refractivity contribution in [2.24, 2.45) is 0 Å². The van der Waals surface area contributed by atoms with E-state index in [-0.39, 0.29) is 11.9 Å². The summed E-state index contributed by atoms with van der Waals surface area (Å²) < 4.78 is 0. The summed E-state index contributed by atoms with van der Waals surface area (Å²) in [6.45, 7) is 3.48. The zero-order valence-electron chi connectivity index (χ0n) is 13.1. The molecule has 3 nitrogen and oxygen atoms in total. The Morgan fingerprint density at radius 1 is 1.00 bits per heavy atom. The van der Waals surface area contributed by atoms with E-state index in [0.29, 0.717) is 6.04 Å². The number of amides is 1. The second-order valence-electron chi connectivity index (χ2n) is 5.96. The second kappa shape index (κ2) is 6.32. The molecule has 3 rings (SSSR count). The van der Waals surface area contributed by atoms with Crippen LogP contribution < -0.4 is 0 Å². The molecule has 0 aliphatic carbocycles. The lowest BCUT2D eigenvalue weighted by Crippen LogP contribution is -2.60. The van der Waals surface area contributed by atoms with Gasteiger partial charge in [0.05, 0.1) is 12.1 Å². The predicted octanol–water partition coefficient (Wildman–Crippen LogP) is 2.94. The molecule has 0 spiro atoms. The molecule has 1 fully saturated rings. The van der Waals surface area contributed by atoms with Gasteiger partial charge in [0, 0.05) is 27.1 Å². The molecule has 114 valence electrons. The third kappa shape index (κ3) is 2.90. The largest absolute Gasteiger partial charge is 0.340 e. The first kappa shape index (κ1) is 14.8. The molecule has 0 bridgehead atoms. The first-order valence-corrected chi connectivity index (χ1v) is 7.74. The Hall–Kier alpha value is -2.13. The van der Waals surface area contributed by atoms with Crippen LogP contribution in [0.3, 0.4) is 0 Å². The van der Waals surface area contributed by atoms with Crippen LogP contribution in [0.25, 0.3) is 0 Å². The molecule has 0 N–H and O–H groups in total. The fraction of sp³-hybridized carbons (Fsp3) is 0.316. The minimum absolute atomic E-state index is 0.139. The maximum Gasteiger partial charge on any atom is 0.219 e. The van der Waals surface area contributed by atoms with E-state index in [4.69, 9.17) is 0 Å². The first-order valence-electron chi connectivity index (χ1n) is 7.74. The number of rotatable bonds is 4. The highest BCUT2D eigenvalue weighted by Crippen LogP contribution is 2.33. The average molecular weight is 294 g/mol. The van der Waals surface area contributed by atoms with E-state index in [1.165, 1.54) is 11.1 Å². The van der Waals surface area contributed by atoms with Crippen molar-refractivity contribution >= 4 is 5.91 Å². The lowest BCUT2D eigenvalue weighted by molar-refractivity contribution is -0.133. The number of hydrogen-bond acceptors (Lipinski definition) is 2. The van der Waals surface area contributed by atoms with Gasteiger partial charge >= 0.3 is 0 Å². The van der Waals surface area contributed by atoms with E-state index < -0.39 is 0 Å². The highest BCUT2D eigenvalue weighted by atomic mass is 16.2. The van der Waals surface area contributed by atoms with Crippen molar-refractivity contribution in [3.8, 4) is 0 Å². The average Bonchev–Trinajstić information content (AvgIpc) is 2.51. The molecule has 22 heavy (non-hydrogen) atoms. The van der Waals surface area contributed by atoms with Crippen molar-refractivity contribution in [3.63, 3.8) is 0 Å². The summed E-state index contributed by atoms with van der Waals surface area (Å²) >= 11 is 0. The summed E-state index contributed by atoms with van der Waals surface area (Å²) in [5, 5.41) is 0. The molecule has 1 amide bonds. The number of carbonyl (C=O) groups is 1. The predicted molar refractivity (Wildman–Crippen MR) is 88.5 cm³/mol. The van der Waals surface area contributed by atoms with Crippen molar-refractivity contribution in [1.29, 1.82) is 0 Å². The van der Waals surface area contributed by atoms with E-state index in [1.807, 2.05) is 24.1 Å². The molecule has 2 aromatic carbocycles. The molecule has 1 aliphatic heterocycles. The lowest BCUT2D eigenvalue weighted by Gasteiger charge is -2.48. The highest BCUT2D eigenvalue weighted by Gasteiger charge is 2.36. The summed E-state index contributed by atoms with van der Waals surface area (Å²) in [6, 6.07) is 21.8. The lowest BCUT2D eigenvalue weighted by atomic mass is 9.93. The fourth-order valence-electron chi connectivity index (χ4n) is 3.09. The van der Waals surface area contributed by atoms with Crippen LogP contribution >= 0.6 is 0 Å². The maximum absolute atomic E-state index is 11.5. The fourth-order valence-corrected chi connectivity index (χ4v) is 3.09.